The van der Waals surface area contributed by atoms with Crippen LogP contribution in [0.25, 0.3) is 5.70 Å². The molecular weight excluding hydrogens is 196 g/mol. The third kappa shape index (κ3) is 1.80. The van der Waals surface area contributed by atoms with Gasteiger partial charge in [0.2, 0.25) is 5.12 Å². The molecule has 0 aromatic carbocycles. The van der Waals surface area contributed by atoms with Crippen LogP contribution in [0.4, 0.5) is 0 Å². The van der Waals surface area contributed by atoms with Crippen molar-refractivity contribution in [2.75, 3.05) is 6.54 Å². The summed E-state index contributed by atoms with van der Waals surface area (Å²) < 4.78 is 0. The fraction of sp³-hybridized carbons (Fsp3) is 0.200. The van der Waals surface area contributed by atoms with E-state index >= 15 is 0 Å². The van der Waals surface area contributed by atoms with Crippen molar-refractivity contribution < 1.29 is 4.79 Å². The zero-order chi connectivity index (χ0) is 9.97. The Morgan fingerprint density at radius 3 is 2.79 bits per heavy atom. The third-order valence-corrected chi connectivity index (χ3v) is 2.88. The van der Waals surface area contributed by atoms with E-state index in [0.29, 0.717) is 6.54 Å². The van der Waals surface area contributed by atoms with E-state index < -0.39 is 0 Å². The molecule has 0 saturated heterocycles. The van der Waals surface area contributed by atoms with Crippen molar-refractivity contribution in [3.05, 3.63) is 35.0 Å². The molecule has 0 radical (unpaired) electrons. The summed E-state index contributed by atoms with van der Waals surface area (Å²) in [4.78, 5) is 16.1. The van der Waals surface area contributed by atoms with E-state index in [0.717, 1.165) is 16.2 Å². The van der Waals surface area contributed by atoms with Gasteiger partial charge in [-0.05, 0) is 19.1 Å². The highest BCUT2D eigenvalue weighted by Crippen LogP contribution is 2.28. The second-order valence-electron chi connectivity index (χ2n) is 2.99. The minimum Gasteiger partial charge on any atom is -0.376 e. The minimum atomic E-state index is 0.167. The Kier molecular flexibility index (Phi) is 2.54. The molecule has 2 rings (SSSR count). The highest BCUT2D eigenvalue weighted by atomic mass is 32.2. The maximum atomic E-state index is 11.1. The van der Waals surface area contributed by atoms with Crippen molar-refractivity contribution in [1.82, 2.24) is 10.3 Å². The van der Waals surface area contributed by atoms with E-state index in [1.807, 2.05) is 19.1 Å². The molecule has 0 spiro atoms. The Hall–Kier alpha value is -1.29. The Bertz CT molecular complexity index is 386. The summed E-state index contributed by atoms with van der Waals surface area (Å²) in [6.07, 6.45) is 3.50. The highest BCUT2D eigenvalue weighted by Gasteiger charge is 2.16. The molecule has 2 heterocycles. The number of rotatable bonds is 1. The van der Waals surface area contributed by atoms with Gasteiger partial charge in [0.15, 0.2) is 0 Å². The van der Waals surface area contributed by atoms with Gasteiger partial charge in [0.25, 0.3) is 0 Å². The van der Waals surface area contributed by atoms with Crippen LogP contribution in [0.1, 0.15) is 12.5 Å². The lowest BCUT2D eigenvalue weighted by molar-refractivity contribution is -0.110. The molecule has 1 aliphatic heterocycles. The number of aromatic nitrogens is 1. The molecule has 1 aromatic rings. The van der Waals surface area contributed by atoms with Gasteiger partial charge in [-0.1, -0.05) is 11.8 Å². The summed E-state index contributed by atoms with van der Waals surface area (Å²) in [5.41, 5.74) is 2.12. The fourth-order valence-electron chi connectivity index (χ4n) is 1.37. The van der Waals surface area contributed by atoms with Gasteiger partial charge in [0.05, 0.1) is 12.2 Å². The Balaban J connectivity index is 2.35. The number of pyridine rings is 1. The van der Waals surface area contributed by atoms with Gasteiger partial charge in [-0.25, -0.2) is 0 Å². The van der Waals surface area contributed by atoms with Crippen LogP contribution in [0.3, 0.4) is 0 Å². The molecule has 3 nitrogen and oxygen atoms in total. The van der Waals surface area contributed by atoms with Crippen molar-refractivity contribution in [3.63, 3.8) is 0 Å². The number of nitrogens with one attached hydrogen (secondary N) is 1. The maximum absolute atomic E-state index is 11.1. The molecule has 0 amide bonds. The van der Waals surface area contributed by atoms with Crippen molar-refractivity contribution in [2.45, 2.75) is 6.92 Å². The van der Waals surface area contributed by atoms with Gasteiger partial charge >= 0.3 is 0 Å². The first-order valence-corrected chi connectivity index (χ1v) is 5.15. The molecule has 0 atom stereocenters. The first-order chi connectivity index (χ1) is 6.77. The number of carbonyl (C=O) groups is 1. The standard InChI is InChI=1S/C10H10N2OS/c1-7-10(12-6-9(13)14-7)8-2-4-11-5-3-8/h2-5,12H,6H2,1H3. The Labute approximate surface area is 86.6 Å². The second-order valence-corrected chi connectivity index (χ2v) is 4.27. The second kappa shape index (κ2) is 3.84. The van der Waals surface area contributed by atoms with Crippen LogP contribution in [0, 0.1) is 0 Å². The summed E-state index contributed by atoms with van der Waals surface area (Å²) in [6.45, 7) is 2.35. The van der Waals surface area contributed by atoms with Gasteiger partial charge in [-0.15, -0.1) is 0 Å². The van der Waals surface area contributed by atoms with Crippen molar-refractivity contribution in [2.24, 2.45) is 0 Å². The molecule has 0 saturated carbocycles. The van der Waals surface area contributed by atoms with Crippen molar-refractivity contribution in [1.29, 1.82) is 0 Å². The summed E-state index contributed by atoms with van der Waals surface area (Å²) in [5, 5.41) is 3.28. The number of nitrogens with zero attached hydrogens (tertiary/aromatic N) is 1. The van der Waals surface area contributed by atoms with Gasteiger partial charge in [-0.3, -0.25) is 9.78 Å². The van der Waals surface area contributed by atoms with Gasteiger partial charge in [-0.2, -0.15) is 0 Å². The van der Waals surface area contributed by atoms with Crippen molar-refractivity contribution in [3.8, 4) is 0 Å². The van der Waals surface area contributed by atoms with Crippen molar-refractivity contribution >= 4 is 22.6 Å². The zero-order valence-electron chi connectivity index (χ0n) is 7.78. The third-order valence-electron chi connectivity index (χ3n) is 2.00. The number of carbonyl (C=O) groups excluding carboxylic acids is 1. The molecule has 1 N–H and O–H groups in total. The van der Waals surface area contributed by atoms with E-state index in [1.165, 1.54) is 11.8 Å². The predicted molar refractivity (Wildman–Crippen MR) is 57.4 cm³/mol. The molecule has 14 heavy (non-hydrogen) atoms. The highest BCUT2D eigenvalue weighted by molar-refractivity contribution is 8.17. The van der Waals surface area contributed by atoms with Crippen LogP contribution in [-0.4, -0.2) is 16.6 Å². The molecule has 0 fully saturated rings. The molecule has 72 valence electrons. The molecule has 4 heteroatoms. The molecule has 0 bridgehead atoms. The van der Waals surface area contributed by atoms with Crippen LogP contribution >= 0.6 is 11.8 Å². The average Bonchev–Trinajstić information content (AvgIpc) is 2.19. The van der Waals surface area contributed by atoms with Crippen LogP contribution in [-0.2, 0) is 4.79 Å². The zero-order valence-corrected chi connectivity index (χ0v) is 8.60. The number of thioether (sulfide) groups is 1. The lowest BCUT2D eigenvalue weighted by Gasteiger charge is -2.18. The number of allylic oxidation sites excluding steroid dienone is 1. The first kappa shape index (κ1) is 9.27. The van der Waals surface area contributed by atoms with Crippen LogP contribution in [0.5, 0.6) is 0 Å². The molecule has 1 aliphatic rings. The largest absolute Gasteiger partial charge is 0.376 e. The van der Waals surface area contributed by atoms with Crippen LogP contribution in [0.15, 0.2) is 29.4 Å². The summed E-state index contributed by atoms with van der Waals surface area (Å²) in [5.74, 6) is 0. The molecule has 0 aliphatic carbocycles. The van der Waals surface area contributed by atoms with E-state index in [-0.39, 0.29) is 5.12 Å². The predicted octanol–water partition coefficient (Wildman–Crippen LogP) is 1.63. The van der Waals surface area contributed by atoms with E-state index in [2.05, 4.69) is 10.3 Å². The average molecular weight is 206 g/mol. The lowest BCUT2D eigenvalue weighted by atomic mass is 10.2. The minimum absolute atomic E-state index is 0.167. The number of hydrogen-bond acceptors (Lipinski definition) is 4. The van der Waals surface area contributed by atoms with Gasteiger partial charge in [0.1, 0.15) is 0 Å². The van der Waals surface area contributed by atoms with E-state index in [9.17, 15) is 4.79 Å². The van der Waals surface area contributed by atoms with Gasteiger partial charge in [0, 0.05) is 22.9 Å². The summed E-state index contributed by atoms with van der Waals surface area (Å²) in [7, 11) is 0. The smallest absolute Gasteiger partial charge is 0.212 e. The summed E-state index contributed by atoms with van der Waals surface area (Å²) >= 11 is 1.30. The summed E-state index contributed by atoms with van der Waals surface area (Å²) in [6, 6.07) is 3.87. The quantitative estimate of drug-likeness (QED) is 0.758. The molecule has 1 aromatic heterocycles. The Morgan fingerprint density at radius 2 is 2.14 bits per heavy atom. The maximum Gasteiger partial charge on any atom is 0.212 e. The van der Waals surface area contributed by atoms with Crippen LogP contribution < -0.4 is 5.32 Å². The fourth-order valence-corrected chi connectivity index (χ4v) is 2.14. The number of hydrogen-bond donors (Lipinski definition) is 1. The SMILES string of the molecule is CC1=C(c2ccncc2)NCC(=O)S1. The molecule has 0 unspecified atom stereocenters. The normalized spacial score (nSPS) is 16.8. The van der Waals surface area contributed by atoms with E-state index in [1.54, 1.807) is 12.4 Å². The Morgan fingerprint density at radius 1 is 1.43 bits per heavy atom. The molecular formula is C10H10N2OS. The topological polar surface area (TPSA) is 42.0 Å². The first-order valence-electron chi connectivity index (χ1n) is 4.33. The lowest BCUT2D eigenvalue weighted by Crippen LogP contribution is -2.24. The van der Waals surface area contributed by atoms with Crippen LogP contribution in [0.2, 0.25) is 0 Å². The monoisotopic (exact) mass is 206 g/mol. The van der Waals surface area contributed by atoms with E-state index in [4.69, 9.17) is 0 Å². The van der Waals surface area contributed by atoms with Gasteiger partial charge < -0.3 is 5.32 Å².